The minimum atomic E-state index is 0. The van der Waals surface area contributed by atoms with Crippen molar-refractivity contribution < 1.29 is 4.79 Å². The Balaban J connectivity index is 0.00000280. The minimum Gasteiger partial charge on any atom is -0.341 e. The summed E-state index contributed by atoms with van der Waals surface area (Å²) in [5.41, 5.74) is 4.01. The van der Waals surface area contributed by atoms with E-state index >= 15 is 0 Å². The molecule has 0 unspecified atom stereocenters. The summed E-state index contributed by atoms with van der Waals surface area (Å²) in [4.78, 5) is 14.2. The van der Waals surface area contributed by atoms with E-state index < -0.39 is 0 Å². The third kappa shape index (κ3) is 5.44. The normalized spacial score (nSPS) is 10.4. The standard InChI is InChI=1S/C22H26N4O.ClH/c1-23-15-9-14-21(27)25(2)16-19-17-26(20-12-7-4-8-13-20)24-22(19)18-10-5-3-6-11-18;/h3-8,10-13,17,23H,9,14-16H2,1-2H3;1H. The van der Waals surface area contributed by atoms with Gasteiger partial charge in [-0.25, -0.2) is 4.68 Å². The van der Waals surface area contributed by atoms with Crippen LogP contribution in [0.5, 0.6) is 0 Å². The van der Waals surface area contributed by atoms with E-state index in [1.165, 1.54) is 0 Å². The third-order valence-corrected chi connectivity index (χ3v) is 4.51. The number of amides is 1. The highest BCUT2D eigenvalue weighted by Gasteiger charge is 2.16. The van der Waals surface area contributed by atoms with Crippen LogP contribution < -0.4 is 5.32 Å². The second-order valence-electron chi connectivity index (χ2n) is 6.61. The van der Waals surface area contributed by atoms with E-state index in [2.05, 4.69) is 17.4 Å². The number of aromatic nitrogens is 2. The Morgan fingerprint density at radius 3 is 2.36 bits per heavy atom. The number of nitrogens with zero attached hydrogens (tertiary/aromatic N) is 3. The summed E-state index contributed by atoms with van der Waals surface area (Å²) >= 11 is 0. The van der Waals surface area contributed by atoms with Gasteiger partial charge in [-0.2, -0.15) is 5.10 Å². The SMILES string of the molecule is CNCCCC(=O)N(C)Cc1cn(-c2ccccc2)nc1-c1ccccc1.Cl. The summed E-state index contributed by atoms with van der Waals surface area (Å²) in [6, 6.07) is 20.1. The molecule has 0 fully saturated rings. The van der Waals surface area contributed by atoms with E-state index in [-0.39, 0.29) is 18.3 Å². The second kappa shape index (κ2) is 10.6. The van der Waals surface area contributed by atoms with Gasteiger partial charge in [-0.05, 0) is 32.1 Å². The van der Waals surface area contributed by atoms with Crippen molar-refractivity contribution in [1.82, 2.24) is 20.0 Å². The van der Waals surface area contributed by atoms with Gasteiger partial charge in [0.25, 0.3) is 0 Å². The van der Waals surface area contributed by atoms with Crippen LogP contribution in [0.2, 0.25) is 0 Å². The molecule has 0 saturated carbocycles. The van der Waals surface area contributed by atoms with Crippen molar-refractivity contribution in [2.45, 2.75) is 19.4 Å². The van der Waals surface area contributed by atoms with Gasteiger partial charge >= 0.3 is 0 Å². The van der Waals surface area contributed by atoms with Crippen LogP contribution in [-0.2, 0) is 11.3 Å². The Morgan fingerprint density at radius 1 is 1.07 bits per heavy atom. The molecular formula is C22H27ClN4O. The third-order valence-electron chi connectivity index (χ3n) is 4.51. The lowest BCUT2D eigenvalue weighted by molar-refractivity contribution is -0.130. The van der Waals surface area contributed by atoms with Gasteiger partial charge in [-0.1, -0.05) is 48.5 Å². The molecule has 1 heterocycles. The van der Waals surface area contributed by atoms with Gasteiger partial charge in [-0.15, -0.1) is 12.4 Å². The Morgan fingerprint density at radius 2 is 1.71 bits per heavy atom. The summed E-state index contributed by atoms with van der Waals surface area (Å²) in [6.45, 7) is 1.39. The van der Waals surface area contributed by atoms with Crippen molar-refractivity contribution in [2.24, 2.45) is 0 Å². The fourth-order valence-corrected chi connectivity index (χ4v) is 3.03. The molecule has 0 atom stereocenters. The fraction of sp³-hybridized carbons (Fsp3) is 0.273. The quantitative estimate of drug-likeness (QED) is 0.585. The average Bonchev–Trinajstić information content (AvgIpc) is 3.13. The molecule has 148 valence electrons. The molecule has 2 aromatic carbocycles. The first-order valence-electron chi connectivity index (χ1n) is 9.27. The predicted octanol–water partition coefficient (Wildman–Crippen LogP) is 3.92. The van der Waals surface area contributed by atoms with Crippen molar-refractivity contribution in [1.29, 1.82) is 0 Å². The molecule has 0 radical (unpaired) electrons. The zero-order valence-electron chi connectivity index (χ0n) is 16.3. The van der Waals surface area contributed by atoms with E-state index in [4.69, 9.17) is 5.10 Å². The van der Waals surface area contributed by atoms with Crippen LogP contribution in [0.25, 0.3) is 16.9 Å². The molecular weight excluding hydrogens is 372 g/mol. The fourth-order valence-electron chi connectivity index (χ4n) is 3.03. The summed E-state index contributed by atoms with van der Waals surface area (Å²) in [5, 5.41) is 7.89. The largest absolute Gasteiger partial charge is 0.341 e. The van der Waals surface area contributed by atoms with E-state index in [1.807, 2.05) is 73.5 Å². The number of carbonyl (C=O) groups excluding carboxylic acids is 1. The first-order valence-corrected chi connectivity index (χ1v) is 9.27. The maximum atomic E-state index is 12.4. The van der Waals surface area contributed by atoms with Gasteiger partial charge < -0.3 is 10.2 Å². The lowest BCUT2D eigenvalue weighted by Crippen LogP contribution is -2.26. The number of para-hydroxylation sites is 1. The lowest BCUT2D eigenvalue weighted by Gasteiger charge is -2.17. The average molecular weight is 399 g/mol. The summed E-state index contributed by atoms with van der Waals surface area (Å²) in [5.74, 6) is 0.150. The van der Waals surface area contributed by atoms with Gasteiger partial charge in [-0.3, -0.25) is 4.79 Å². The molecule has 1 amide bonds. The number of benzene rings is 2. The lowest BCUT2D eigenvalue weighted by atomic mass is 10.1. The van der Waals surface area contributed by atoms with E-state index in [9.17, 15) is 4.79 Å². The van der Waals surface area contributed by atoms with Crippen molar-refractivity contribution >= 4 is 18.3 Å². The van der Waals surface area contributed by atoms with Crippen LogP contribution in [0.3, 0.4) is 0 Å². The molecule has 0 aliphatic carbocycles. The first-order chi connectivity index (χ1) is 13.2. The topological polar surface area (TPSA) is 50.2 Å². The molecule has 0 bridgehead atoms. The van der Waals surface area contributed by atoms with Crippen LogP contribution in [-0.4, -0.2) is 41.2 Å². The maximum Gasteiger partial charge on any atom is 0.222 e. The van der Waals surface area contributed by atoms with Crippen molar-refractivity contribution in [3.05, 3.63) is 72.4 Å². The van der Waals surface area contributed by atoms with Crippen LogP contribution in [0.15, 0.2) is 66.9 Å². The second-order valence-corrected chi connectivity index (χ2v) is 6.61. The molecule has 28 heavy (non-hydrogen) atoms. The minimum absolute atomic E-state index is 0. The molecule has 3 aromatic rings. The number of nitrogens with one attached hydrogen (secondary N) is 1. The van der Waals surface area contributed by atoms with Crippen molar-refractivity contribution in [3.63, 3.8) is 0 Å². The zero-order chi connectivity index (χ0) is 19.1. The Kier molecular flexibility index (Phi) is 8.23. The molecule has 0 spiro atoms. The highest BCUT2D eigenvalue weighted by Crippen LogP contribution is 2.24. The number of rotatable bonds is 8. The summed E-state index contributed by atoms with van der Waals surface area (Å²) in [6.07, 6.45) is 3.41. The van der Waals surface area contributed by atoms with E-state index in [1.54, 1.807) is 4.90 Å². The number of halogens is 1. The number of hydrogen-bond acceptors (Lipinski definition) is 3. The van der Waals surface area contributed by atoms with Gasteiger partial charge in [0.15, 0.2) is 0 Å². The van der Waals surface area contributed by atoms with Gasteiger partial charge in [0, 0.05) is 37.3 Å². The van der Waals surface area contributed by atoms with Crippen LogP contribution >= 0.6 is 12.4 Å². The molecule has 0 aliphatic heterocycles. The Labute approximate surface area is 172 Å². The van der Waals surface area contributed by atoms with Crippen molar-refractivity contribution in [3.8, 4) is 16.9 Å². The molecule has 0 aliphatic rings. The number of carbonyl (C=O) groups is 1. The maximum absolute atomic E-state index is 12.4. The van der Waals surface area contributed by atoms with Crippen molar-refractivity contribution in [2.75, 3.05) is 20.6 Å². The molecule has 1 aromatic heterocycles. The zero-order valence-corrected chi connectivity index (χ0v) is 17.2. The smallest absolute Gasteiger partial charge is 0.222 e. The van der Waals surface area contributed by atoms with E-state index in [0.29, 0.717) is 13.0 Å². The predicted molar refractivity (Wildman–Crippen MR) is 116 cm³/mol. The van der Waals surface area contributed by atoms with Crippen LogP contribution in [0.1, 0.15) is 18.4 Å². The molecule has 6 heteroatoms. The summed E-state index contributed by atoms with van der Waals surface area (Å²) < 4.78 is 1.89. The van der Waals surface area contributed by atoms with Gasteiger partial charge in [0.1, 0.15) is 0 Å². The van der Waals surface area contributed by atoms with Gasteiger partial charge in [0.2, 0.25) is 5.91 Å². The molecule has 1 N–H and O–H groups in total. The molecule has 5 nitrogen and oxygen atoms in total. The Hall–Kier alpha value is -2.63. The first kappa shape index (κ1) is 21.7. The highest BCUT2D eigenvalue weighted by atomic mass is 35.5. The van der Waals surface area contributed by atoms with Gasteiger partial charge in [0.05, 0.1) is 11.4 Å². The van der Waals surface area contributed by atoms with Crippen LogP contribution in [0, 0.1) is 0 Å². The van der Waals surface area contributed by atoms with E-state index in [0.717, 1.165) is 35.5 Å². The van der Waals surface area contributed by atoms with Crippen LogP contribution in [0.4, 0.5) is 0 Å². The summed E-state index contributed by atoms with van der Waals surface area (Å²) in [7, 11) is 3.76. The molecule has 0 saturated heterocycles. The Bertz CT molecular complexity index is 865. The number of hydrogen-bond donors (Lipinski definition) is 1. The molecule has 3 rings (SSSR count). The monoisotopic (exact) mass is 398 g/mol. The highest BCUT2D eigenvalue weighted by molar-refractivity contribution is 5.85.